The van der Waals surface area contributed by atoms with Gasteiger partial charge >= 0.3 is 0 Å². The minimum atomic E-state index is 0. The monoisotopic (exact) mass is 395 g/mol. The lowest BCUT2D eigenvalue weighted by molar-refractivity contribution is 0.181. The van der Waals surface area contributed by atoms with Crippen LogP contribution < -0.4 is 5.32 Å². The summed E-state index contributed by atoms with van der Waals surface area (Å²) in [5, 5.41) is 6.96. The number of hydrogen-bond donors (Lipinski definition) is 1. The molecule has 1 fully saturated rings. The number of aromatic nitrogens is 2. The van der Waals surface area contributed by atoms with Gasteiger partial charge in [-0.3, -0.25) is 4.99 Å². The van der Waals surface area contributed by atoms with Crippen molar-refractivity contribution < 1.29 is 9.26 Å². The van der Waals surface area contributed by atoms with E-state index in [1.54, 1.807) is 14.0 Å². The second-order valence-corrected chi connectivity index (χ2v) is 4.75. The summed E-state index contributed by atoms with van der Waals surface area (Å²) in [5.41, 5.74) is 0. The Bertz CT molecular complexity index is 431. The molecule has 0 aromatic carbocycles. The van der Waals surface area contributed by atoms with Gasteiger partial charge in [0.1, 0.15) is 0 Å². The molecule has 114 valence electrons. The van der Waals surface area contributed by atoms with E-state index >= 15 is 0 Å². The average Bonchev–Trinajstić information content (AvgIpc) is 3.02. The molecule has 1 aromatic heterocycles. The van der Waals surface area contributed by atoms with E-state index in [1.807, 2.05) is 7.05 Å². The Kier molecular flexibility index (Phi) is 7.20. The first kappa shape index (κ1) is 17.2. The van der Waals surface area contributed by atoms with Crippen LogP contribution in [0.4, 0.5) is 0 Å². The number of nitrogens with one attached hydrogen (secondary N) is 1. The number of nitrogens with zero attached hydrogens (tertiary/aromatic N) is 4. The molecule has 1 unspecified atom stereocenters. The number of guanidine groups is 1. The highest BCUT2D eigenvalue weighted by molar-refractivity contribution is 14.0. The maximum atomic E-state index is 5.38. The molecule has 8 heteroatoms. The van der Waals surface area contributed by atoms with Crippen molar-refractivity contribution in [2.45, 2.75) is 19.9 Å². The first-order valence-electron chi connectivity index (χ1n) is 6.47. The molecule has 0 bridgehead atoms. The van der Waals surface area contributed by atoms with Gasteiger partial charge in [0.15, 0.2) is 11.8 Å². The Hall–Kier alpha value is -0.900. The Labute approximate surface area is 136 Å². The Balaban J connectivity index is 0.00000200. The fourth-order valence-corrected chi connectivity index (χ4v) is 2.15. The van der Waals surface area contributed by atoms with Gasteiger partial charge < -0.3 is 19.5 Å². The van der Waals surface area contributed by atoms with Crippen molar-refractivity contribution in [3.05, 3.63) is 11.7 Å². The van der Waals surface area contributed by atoms with Crippen LogP contribution in [0, 0.1) is 12.8 Å². The quantitative estimate of drug-likeness (QED) is 0.467. The predicted octanol–water partition coefficient (Wildman–Crippen LogP) is 1.04. The summed E-state index contributed by atoms with van der Waals surface area (Å²) in [6, 6.07) is 0. The Morgan fingerprint density at radius 1 is 1.55 bits per heavy atom. The standard InChI is InChI=1S/C12H21N5O2.HI/c1-9-15-11(19-16-9)6-14-12(13-2)17(3)7-10-4-5-18-8-10;/h10H,4-8H2,1-3H3,(H,13,14);1H. The van der Waals surface area contributed by atoms with Crippen LogP contribution in [0.25, 0.3) is 0 Å². The topological polar surface area (TPSA) is 75.8 Å². The first-order valence-corrected chi connectivity index (χ1v) is 6.47. The van der Waals surface area contributed by atoms with Crippen molar-refractivity contribution >= 4 is 29.9 Å². The van der Waals surface area contributed by atoms with E-state index in [0.29, 0.717) is 24.2 Å². The molecule has 0 aliphatic carbocycles. The fourth-order valence-electron chi connectivity index (χ4n) is 2.15. The van der Waals surface area contributed by atoms with Crippen LogP contribution in [-0.2, 0) is 11.3 Å². The van der Waals surface area contributed by atoms with Gasteiger partial charge in [0.05, 0.1) is 13.2 Å². The SMILES string of the molecule is CN=C(NCc1nc(C)no1)N(C)CC1CCOC1.I. The van der Waals surface area contributed by atoms with Gasteiger partial charge in [0.25, 0.3) is 0 Å². The van der Waals surface area contributed by atoms with Crippen molar-refractivity contribution in [1.29, 1.82) is 0 Å². The molecule has 20 heavy (non-hydrogen) atoms. The number of hydrogen-bond acceptors (Lipinski definition) is 5. The van der Waals surface area contributed by atoms with E-state index in [4.69, 9.17) is 9.26 Å². The second-order valence-electron chi connectivity index (χ2n) is 4.75. The van der Waals surface area contributed by atoms with Gasteiger partial charge in [-0.25, -0.2) is 0 Å². The minimum Gasteiger partial charge on any atom is -0.381 e. The van der Waals surface area contributed by atoms with Gasteiger partial charge in [-0.2, -0.15) is 4.98 Å². The molecule has 7 nitrogen and oxygen atoms in total. The van der Waals surface area contributed by atoms with Gasteiger partial charge in [-0.15, -0.1) is 24.0 Å². The molecular weight excluding hydrogens is 373 g/mol. The minimum absolute atomic E-state index is 0. The molecule has 0 spiro atoms. The number of aryl methyl sites for hydroxylation is 1. The zero-order chi connectivity index (χ0) is 13.7. The normalized spacial score (nSPS) is 18.8. The lowest BCUT2D eigenvalue weighted by Gasteiger charge is -2.23. The van der Waals surface area contributed by atoms with Crippen LogP contribution in [0.1, 0.15) is 18.1 Å². The van der Waals surface area contributed by atoms with Crippen molar-refractivity contribution in [2.24, 2.45) is 10.9 Å². The Morgan fingerprint density at radius 3 is 2.90 bits per heavy atom. The molecule has 0 amide bonds. The molecule has 1 aliphatic heterocycles. The van der Waals surface area contributed by atoms with Crippen LogP contribution in [0.2, 0.25) is 0 Å². The van der Waals surface area contributed by atoms with Gasteiger partial charge in [0.2, 0.25) is 5.89 Å². The summed E-state index contributed by atoms with van der Waals surface area (Å²) in [6.07, 6.45) is 1.12. The van der Waals surface area contributed by atoms with Crippen LogP contribution in [0.15, 0.2) is 9.52 Å². The summed E-state index contributed by atoms with van der Waals surface area (Å²) in [5.74, 6) is 2.61. The zero-order valence-corrected chi connectivity index (χ0v) is 14.5. The molecular formula is C12H22IN5O2. The van der Waals surface area contributed by atoms with E-state index in [9.17, 15) is 0 Å². The van der Waals surface area contributed by atoms with Crippen molar-refractivity contribution in [3.63, 3.8) is 0 Å². The average molecular weight is 395 g/mol. The number of rotatable bonds is 4. The third-order valence-electron chi connectivity index (χ3n) is 3.10. The third-order valence-corrected chi connectivity index (χ3v) is 3.10. The van der Waals surface area contributed by atoms with E-state index in [1.165, 1.54) is 0 Å². The Morgan fingerprint density at radius 2 is 2.35 bits per heavy atom. The lowest BCUT2D eigenvalue weighted by Crippen LogP contribution is -2.41. The number of ether oxygens (including phenoxy) is 1. The number of aliphatic imine (C=N–C) groups is 1. The molecule has 2 rings (SSSR count). The second kappa shape index (κ2) is 8.40. The van der Waals surface area contributed by atoms with E-state index < -0.39 is 0 Å². The molecule has 1 atom stereocenters. The largest absolute Gasteiger partial charge is 0.381 e. The van der Waals surface area contributed by atoms with Gasteiger partial charge in [0, 0.05) is 33.2 Å². The summed E-state index contributed by atoms with van der Waals surface area (Å²) in [4.78, 5) is 10.5. The van der Waals surface area contributed by atoms with E-state index in [2.05, 4.69) is 25.3 Å². The highest BCUT2D eigenvalue weighted by atomic mass is 127. The fraction of sp³-hybridized carbons (Fsp3) is 0.750. The smallest absolute Gasteiger partial charge is 0.246 e. The third kappa shape index (κ3) is 4.89. The molecule has 0 saturated carbocycles. The maximum absolute atomic E-state index is 5.38. The summed E-state index contributed by atoms with van der Waals surface area (Å²) < 4.78 is 10.4. The van der Waals surface area contributed by atoms with Crippen molar-refractivity contribution in [2.75, 3.05) is 33.9 Å². The highest BCUT2D eigenvalue weighted by Gasteiger charge is 2.19. The van der Waals surface area contributed by atoms with Crippen molar-refractivity contribution in [3.8, 4) is 0 Å². The number of halogens is 1. The summed E-state index contributed by atoms with van der Waals surface area (Å²) >= 11 is 0. The van der Waals surface area contributed by atoms with Crippen LogP contribution in [-0.4, -0.2) is 54.9 Å². The van der Waals surface area contributed by atoms with Gasteiger partial charge in [-0.05, 0) is 13.3 Å². The molecule has 1 saturated heterocycles. The van der Waals surface area contributed by atoms with Crippen molar-refractivity contribution in [1.82, 2.24) is 20.4 Å². The van der Waals surface area contributed by atoms with Crippen LogP contribution >= 0.6 is 24.0 Å². The molecule has 1 N–H and O–H groups in total. The summed E-state index contributed by atoms with van der Waals surface area (Å²) in [6.45, 7) is 4.92. The maximum Gasteiger partial charge on any atom is 0.246 e. The van der Waals surface area contributed by atoms with E-state index in [0.717, 1.165) is 32.1 Å². The summed E-state index contributed by atoms with van der Waals surface area (Å²) in [7, 11) is 3.79. The molecule has 0 radical (unpaired) electrons. The van der Waals surface area contributed by atoms with Crippen LogP contribution in [0.3, 0.4) is 0 Å². The molecule has 1 aromatic rings. The first-order chi connectivity index (χ1) is 9.19. The molecule has 1 aliphatic rings. The predicted molar refractivity (Wildman–Crippen MR) is 86.2 cm³/mol. The van der Waals surface area contributed by atoms with Crippen LogP contribution in [0.5, 0.6) is 0 Å². The van der Waals surface area contributed by atoms with Gasteiger partial charge in [-0.1, -0.05) is 5.16 Å². The zero-order valence-electron chi connectivity index (χ0n) is 12.1. The van der Waals surface area contributed by atoms with E-state index in [-0.39, 0.29) is 24.0 Å². The highest BCUT2D eigenvalue weighted by Crippen LogP contribution is 2.13. The molecule has 2 heterocycles. The lowest BCUT2D eigenvalue weighted by atomic mass is 10.1.